The number of halogens is 2. The van der Waals surface area contributed by atoms with Gasteiger partial charge in [0.2, 0.25) is 5.75 Å². The molecule has 11 heteroatoms. The van der Waals surface area contributed by atoms with Crippen molar-refractivity contribution in [2.75, 3.05) is 20.8 Å². The minimum Gasteiger partial charge on any atom is -0.493 e. The van der Waals surface area contributed by atoms with E-state index in [1.54, 1.807) is 6.07 Å². The van der Waals surface area contributed by atoms with E-state index in [2.05, 4.69) is 10.5 Å². The Morgan fingerprint density at radius 2 is 1.96 bits per heavy atom. The lowest BCUT2D eigenvalue weighted by Crippen LogP contribution is -2.24. The molecule has 0 spiro atoms. The molecule has 148 valence electrons. The van der Waals surface area contributed by atoms with Crippen LogP contribution in [0.25, 0.3) is 0 Å². The van der Waals surface area contributed by atoms with Crippen molar-refractivity contribution in [2.45, 2.75) is 0 Å². The highest BCUT2D eigenvalue weighted by atomic mass is 35.5. The Hall–Kier alpha value is -3.04. The molecule has 1 amide bonds. The van der Waals surface area contributed by atoms with E-state index in [4.69, 9.17) is 37.4 Å². The highest BCUT2D eigenvalue weighted by Gasteiger charge is 2.21. The number of ether oxygens (including phenoxy) is 3. The van der Waals surface area contributed by atoms with Crippen molar-refractivity contribution < 1.29 is 23.9 Å². The zero-order valence-electron chi connectivity index (χ0n) is 14.8. The first-order valence-electron chi connectivity index (χ1n) is 7.66. The molecule has 9 nitrogen and oxygen atoms in total. The van der Waals surface area contributed by atoms with Crippen molar-refractivity contribution >= 4 is 41.0 Å². The van der Waals surface area contributed by atoms with Crippen LogP contribution in [0, 0.1) is 10.1 Å². The lowest BCUT2D eigenvalue weighted by atomic mass is 10.2. The molecule has 28 heavy (non-hydrogen) atoms. The van der Waals surface area contributed by atoms with Crippen LogP contribution in [0.2, 0.25) is 10.0 Å². The SMILES string of the molecule is COc1cc(/C=N/NC(=O)COc2ccc(Cl)cc2Cl)cc([N+](=O)[O-])c1OC. The van der Waals surface area contributed by atoms with Crippen LogP contribution >= 0.6 is 23.2 Å². The van der Waals surface area contributed by atoms with Gasteiger partial charge in [0.05, 0.1) is 30.4 Å². The van der Waals surface area contributed by atoms with Gasteiger partial charge in [-0.1, -0.05) is 23.2 Å². The summed E-state index contributed by atoms with van der Waals surface area (Å²) < 4.78 is 15.4. The van der Waals surface area contributed by atoms with Crippen LogP contribution in [0.15, 0.2) is 35.4 Å². The average molecular weight is 428 g/mol. The summed E-state index contributed by atoms with van der Waals surface area (Å²) in [4.78, 5) is 22.4. The molecule has 0 aliphatic carbocycles. The number of nitro groups is 1. The monoisotopic (exact) mass is 427 g/mol. The molecule has 0 saturated carbocycles. The van der Waals surface area contributed by atoms with Crippen molar-refractivity contribution in [1.29, 1.82) is 0 Å². The molecule has 0 radical (unpaired) electrons. The fraction of sp³-hybridized carbons (Fsp3) is 0.176. The molecule has 0 aliphatic rings. The van der Waals surface area contributed by atoms with E-state index >= 15 is 0 Å². The van der Waals surface area contributed by atoms with Gasteiger partial charge in [0, 0.05) is 16.7 Å². The van der Waals surface area contributed by atoms with Gasteiger partial charge in [0.1, 0.15) is 5.75 Å². The molecule has 0 atom stereocenters. The third-order valence-corrected chi connectivity index (χ3v) is 3.86. The highest BCUT2D eigenvalue weighted by molar-refractivity contribution is 6.35. The van der Waals surface area contributed by atoms with E-state index in [-0.39, 0.29) is 28.8 Å². The van der Waals surface area contributed by atoms with Gasteiger partial charge in [-0.15, -0.1) is 0 Å². The first kappa shape index (κ1) is 21.3. The average Bonchev–Trinajstić information content (AvgIpc) is 2.66. The summed E-state index contributed by atoms with van der Waals surface area (Å²) >= 11 is 11.7. The number of rotatable bonds is 8. The number of amides is 1. The molecule has 2 rings (SSSR count). The summed E-state index contributed by atoms with van der Waals surface area (Å²) in [6.45, 7) is -0.342. The number of carbonyl (C=O) groups excluding carboxylic acids is 1. The van der Waals surface area contributed by atoms with Gasteiger partial charge in [-0.3, -0.25) is 14.9 Å². The van der Waals surface area contributed by atoms with E-state index in [0.717, 1.165) is 0 Å². The van der Waals surface area contributed by atoms with E-state index < -0.39 is 10.8 Å². The second-order valence-corrected chi connectivity index (χ2v) is 6.03. The van der Waals surface area contributed by atoms with Crippen LogP contribution < -0.4 is 19.6 Å². The summed E-state index contributed by atoms with van der Waals surface area (Å²) in [6.07, 6.45) is 1.22. The Labute approximate surface area is 169 Å². The number of carbonyl (C=O) groups is 1. The van der Waals surface area contributed by atoms with Crippen molar-refractivity contribution in [1.82, 2.24) is 5.43 Å². The zero-order valence-corrected chi connectivity index (χ0v) is 16.3. The van der Waals surface area contributed by atoms with Crippen molar-refractivity contribution in [2.24, 2.45) is 5.10 Å². The molecular weight excluding hydrogens is 413 g/mol. The Morgan fingerprint density at radius 1 is 1.21 bits per heavy atom. The lowest BCUT2D eigenvalue weighted by Gasteiger charge is -2.09. The maximum absolute atomic E-state index is 11.8. The number of benzene rings is 2. The third-order valence-electron chi connectivity index (χ3n) is 3.33. The Balaban J connectivity index is 2.02. The maximum Gasteiger partial charge on any atom is 0.315 e. The van der Waals surface area contributed by atoms with Gasteiger partial charge in [-0.05, 0) is 24.3 Å². The van der Waals surface area contributed by atoms with Gasteiger partial charge in [0.25, 0.3) is 5.91 Å². The molecule has 0 unspecified atom stereocenters. The van der Waals surface area contributed by atoms with Gasteiger partial charge < -0.3 is 14.2 Å². The Morgan fingerprint density at radius 3 is 2.57 bits per heavy atom. The highest BCUT2D eigenvalue weighted by Crippen LogP contribution is 2.37. The second-order valence-electron chi connectivity index (χ2n) is 5.19. The normalized spacial score (nSPS) is 10.6. The third kappa shape index (κ3) is 5.48. The molecule has 2 aromatic carbocycles. The zero-order chi connectivity index (χ0) is 20.7. The number of nitrogens with one attached hydrogen (secondary N) is 1. The predicted octanol–water partition coefficient (Wildman–Crippen LogP) is 3.45. The molecule has 0 aromatic heterocycles. The van der Waals surface area contributed by atoms with Crippen LogP contribution in [0.1, 0.15) is 5.56 Å². The van der Waals surface area contributed by atoms with E-state index in [9.17, 15) is 14.9 Å². The number of nitro benzene ring substituents is 1. The second kappa shape index (κ2) is 9.77. The Bertz CT molecular complexity index is 920. The van der Waals surface area contributed by atoms with Gasteiger partial charge in [0.15, 0.2) is 12.4 Å². The summed E-state index contributed by atoms with van der Waals surface area (Å²) in [5.74, 6) is -0.120. The molecule has 2 aromatic rings. The maximum atomic E-state index is 11.8. The molecule has 0 heterocycles. The summed E-state index contributed by atoms with van der Waals surface area (Å²) in [6, 6.07) is 7.30. The molecule has 0 fully saturated rings. The van der Waals surface area contributed by atoms with Crippen molar-refractivity contribution in [3.05, 3.63) is 56.1 Å². The smallest absolute Gasteiger partial charge is 0.315 e. The number of hydrazone groups is 1. The first-order chi connectivity index (χ1) is 13.3. The molecule has 0 aliphatic heterocycles. The number of hydrogen-bond donors (Lipinski definition) is 1. The standard InChI is InChI=1S/C17H15Cl2N3O6/c1-26-15-6-10(5-13(22(24)25)17(15)27-2)8-20-21-16(23)9-28-14-4-3-11(18)7-12(14)19/h3-8H,9H2,1-2H3,(H,21,23)/b20-8+. The summed E-state index contributed by atoms with van der Waals surface area (Å²) in [7, 11) is 2.65. The van der Waals surface area contributed by atoms with Crippen LogP contribution in [0.5, 0.6) is 17.2 Å². The van der Waals surface area contributed by atoms with Crippen molar-refractivity contribution in [3.63, 3.8) is 0 Å². The molecular formula is C17H15Cl2N3O6. The van der Waals surface area contributed by atoms with Crippen LogP contribution in [-0.4, -0.2) is 37.9 Å². The molecule has 1 N–H and O–H groups in total. The van der Waals surface area contributed by atoms with Crippen LogP contribution in [-0.2, 0) is 4.79 Å². The van der Waals surface area contributed by atoms with E-state index in [1.165, 1.54) is 44.7 Å². The van der Waals surface area contributed by atoms with Crippen molar-refractivity contribution in [3.8, 4) is 17.2 Å². The van der Waals surface area contributed by atoms with Crippen LogP contribution in [0.3, 0.4) is 0 Å². The predicted molar refractivity (Wildman–Crippen MR) is 104 cm³/mol. The van der Waals surface area contributed by atoms with E-state index in [1.807, 2.05) is 0 Å². The fourth-order valence-corrected chi connectivity index (χ4v) is 2.58. The molecule has 0 saturated heterocycles. The van der Waals surface area contributed by atoms with Crippen LogP contribution in [0.4, 0.5) is 5.69 Å². The number of nitrogens with zero attached hydrogens (tertiary/aromatic N) is 2. The van der Waals surface area contributed by atoms with E-state index in [0.29, 0.717) is 16.3 Å². The number of methoxy groups -OCH3 is 2. The summed E-state index contributed by atoms with van der Waals surface area (Å²) in [5.41, 5.74) is 2.27. The summed E-state index contributed by atoms with van der Waals surface area (Å²) in [5, 5.41) is 15.6. The first-order valence-corrected chi connectivity index (χ1v) is 8.41. The van der Waals surface area contributed by atoms with Gasteiger partial charge in [-0.25, -0.2) is 5.43 Å². The van der Waals surface area contributed by atoms with Gasteiger partial charge in [-0.2, -0.15) is 5.10 Å². The minimum atomic E-state index is -0.610. The quantitative estimate of drug-likeness (QED) is 0.392. The topological polar surface area (TPSA) is 112 Å². The Kier molecular flexibility index (Phi) is 7.42. The lowest BCUT2D eigenvalue weighted by molar-refractivity contribution is -0.385. The largest absolute Gasteiger partial charge is 0.493 e. The molecule has 0 bridgehead atoms. The minimum absolute atomic E-state index is 0.0121. The van der Waals surface area contributed by atoms with Gasteiger partial charge >= 0.3 is 5.69 Å². The number of hydrogen-bond acceptors (Lipinski definition) is 7. The fourth-order valence-electron chi connectivity index (χ4n) is 2.12.